The first-order valence-corrected chi connectivity index (χ1v) is 4.20. The standard InChI is InChI=1S/C5H8O4S/c1-2-9-4-3-5-10(6,7)8/h1H,3-5H2,(H,6,7,8). The van der Waals surface area contributed by atoms with Gasteiger partial charge in [-0.2, -0.15) is 8.42 Å². The van der Waals surface area contributed by atoms with Gasteiger partial charge < -0.3 is 4.74 Å². The van der Waals surface area contributed by atoms with Crippen molar-refractivity contribution in [1.82, 2.24) is 0 Å². The molecule has 4 nitrogen and oxygen atoms in total. The second kappa shape index (κ2) is 4.14. The predicted octanol–water partition coefficient (Wildman–Crippen LogP) is -0.128. The molecule has 0 saturated carbocycles. The monoisotopic (exact) mass is 164 g/mol. The SMILES string of the molecule is C#COCCCS(=O)(=O)O. The van der Waals surface area contributed by atoms with Crippen LogP contribution in [0.2, 0.25) is 0 Å². The molecule has 0 aromatic rings. The van der Waals surface area contributed by atoms with Crippen LogP contribution in [0.4, 0.5) is 0 Å². The van der Waals surface area contributed by atoms with Crippen LogP contribution in [-0.4, -0.2) is 25.3 Å². The Morgan fingerprint density at radius 3 is 2.60 bits per heavy atom. The van der Waals surface area contributed by atoms with Gasteiger partial charge in [0.15, 0.2) is 0 Å². The zero-order chi connectivity index (χ0) is 8.04. The molecule has 1 N–H and O–H groups in total. The number of ether oxygens (including phenoxy) is 1. The van der Waals surface area contributed by atoms with Crippen LogP contribution in [0.15, 0.2) is 0 Å². The summed E-state index contributed by atoms with van der Waals surface area (Å²) in [5.41, 5.74) is 0. The minimum atomic E-state index is -3.85. The quantitative estimate of drug-likeness (QED) is 0.357. The first-order chi connectivity index (χ1) is 4.56. The molecule has 0 aromatic heterocycles. The molecule has 0 aromatic carbocycles. The smallest absolute Gasteiger partial charge is 0.264 e. The van der Waals surface area contributed by atoms with Gasteiger partial charge in [0.2, 0.25) is 0 Å². The Morgan fingerprint density at radius 1 is 1.60 bits per heavy atom. The van der Waals surface area contributed by atoms with E-state index < -0.39 is 10.1 Å². The average molecular weight is 164 g/mol. The summed E-state index contributed by atoms with van der Waals surface area (Å²) in [5, 5.41) is 0. The maximum absolute atomic E-state index is 10.0. The van der Waals surface area contributed by atoms with Crippen molar-refractivity contribution in [2.45, 2.75) is 6.42 Å². The molecule has 0 radical (unpaired) electrons. The number of terminal acetylenes is 1. The summed E-state index contributed by atoms with van der Waals surface area (Å²) < 4.78 is 32.6. The van der Waals surface area contributed by atoms with Crippen LogP contribution >= 0.6 is 0 Å². The van der Waals surface area contributed by atoms with E-state index >= 15 is 0 Å². The van der Waals surface area contributed by atoms with Crippen molar-refractivity contribution < 1.29 is 17.7 Å². The maximum atomic E-state index is 10.0. The van der Waals surface area contributed by atoms with Crippen LogP contribution in [0.3, 0.4) is 0 Å². The van der Waals surface area contributed by atoms with Gasteiger partial charge in [-0.05, 0) is 6.42 Å². The Balaban J connectivity index is 3.32. The minimum Gasteiger partial charge on any atom is -0.447 e. The van der Waals surface area contributed by atoms with Crippen LogP contribution in [0.25, 0.3) is 0 Å². The van der Waals surface area contributed by atoms with E-state index in [2.05, 4.69) is 4.74 Å². The molecule has 0 aliphatic heterocycles. The van der Waals surface area contributed by atoms with Crippen molar-refractivity contribution in [2.75, 3.05) is 12.4 Å². The van der Waals surface area contributed by atoms with Gasteiger partial charge in [-0.25, -0.2) is 0 Å². The Hall–Kier alpha value is -0.730. The largest absolute Gasteiger partial charge is 0.447 e. The molecule has 0 aliphatic carbocycles. The fraction of sp³-hybridized carbons (Fsp3) is 0.600. The number of rotatable bonds is 4. The van der Waals surface area contributed by atoms with Crippen molar-refractivity contribution in [2.24, 2.45) is 0 Å². The molecule has 58 valence electrons. The molecular weight excluding hydrogens is 156 g/mol. The fourth-order valence-electron chi connectivity index (χ4n) is 0.372. The van der Waals surface area contributed by atoms with E-state index in [4.69, 9.17) is 11.0 Å². The van der Waals surface area contributed by atoms with Crippen molar-refractivity contribution in [3.05, 3.63) is 0 Å². The Morgan fingerprint density at radius 2 is 2.20 bits per heavy atom. The van der Waals surface area contributed by atoms with Gasteiger partial charge in [0.25, 0.3) is 10.1 Å². The van der Waals surface area contributed by atoms with Gasteiger partial charge in [-0.1, -0.05) is 6.42 Å². The Kier molecular flexibility index (Phi) is 3.84. The van der Waals surface area contributed by atoms with Gasteiger partial charge >= 0.3 is 0 Å². The van der Waals surface area contributed by atoms with Gasteiger partial charge in [-0.15, -0.1) is 0 Å². The molecule has 0 fully saturated rings. The van der Waals surface area contributed by atoms with Crippen molar-refractivity contribution in [3.8, 4) is 12.5 Å². The molecule has 0 rings (SSSR count). The molecule has 0 aliphatic rings. The lowest BCUT2D eigenvalue weighted by Gasteiger charge is -1.94. The maximum Gasteiger partial charge on any atom is 0.264 e. The number of hydrogen-bond donors (Lipinski definition) is 1. The van der Waals surface area contributed by atoms with Gasteiger partial charge in [0.05, 0.1) is 5.75 Å². The summed E-state index contributed by atoms with van der Waals surface area (Å²) in [6.45, 7) is 0.149. The molecule has 0 atom stereocenters. The zero-order valence-corrected chi connectivity index (χ0v) is 6.10. The van der Waals surface area contributed by atoms with Gasteiger partial charge in [0, 0.05) is 0 Å². The summed E-state index contributed by atoms with van der Waals surface area (Å²) in [6, 6.07) is 0. The van der Waals surface area contributed by atoms with E-state index in [0.717, 1.165) is 0 Å². The first-order valence-electron chi connectivity index (χ1n) is 2.59. The predicted molar refractivity (Wildman–Crippen MR) is 35.8 cm³/mol. The molecule has 0 unspecified atom stereocenters. The van der Waals surface area contributed by atoms with Crippen LogP contribution in [0, 0.1) is 12.5 Å². The Bertz CT molecular complexity index is 210. The molecule has 0 saturated heterocycles. The normalized spacial score (nSPS) is 10.4. The highest BCUT2D eigenvalue weighted by atomic mass is 32.2. The van der Waals surface area contributed by atoms with E-state index in [0.29, 0.717) is 0 Å². The molecular formula is C5H8O4S. The van der Waals surface area contributed by atoms with E-state index in [1.165, 1.54) is 0 Å². The summed E-state index contributed by atoms with van der Waals surface area (Å²) in [6.07, 6.45) is 6.78. The topological polar surface area (TPSA) is 63.6 Å². The highest BCUT2D eigenvalue weighted by molar-refractivity contribution is 7.85. The van der Waals surface area contributed by atoms with Crippen LogP contribution < -0.4 is 0 Å². The minimum absolute atomic E-state index is 0.149. The Labute approximate surface area is 59.9 Å². The van der Waals surface area contributed by atoms with E-state index in [1.807, 2.05) is 6.11 Å². The van der Waals surface area contributed by atoms with Gasteiger partial charge in [-0.3, -0.25) is 4.55 Å². The fourth-order valence-corrected chi connectivity index (χ4v) is 0.855. The molecule has 5 heteroatoms. The average Bonchev–Trinajstić information content (AvgIpc) is 1.78. The third kappa shape index (κ3) is 7.27. The number of hydrogen-bond acceptors (Lipinski definition) is 3. The highest BCUT2D eigenvalue weighted by Gasteiger charge is 2.02. The highest BCUT2D eigenvalue weighted by Crippen LogP contribution is 1.87. The summed E-state index contributed by atoms with van der Waals surface area (Å²) in [5.74, 6) is -0.311. The molecule has 10 heavy (non-hydrogen) atoms. The second-order valence-corrected chi connectivity index (χ2v) is 3.18. The van der Waals surface area contributed by atoms with Crippen LogP contribution in [-0.2, 0) is 14.9 Å². The molecule has 0 heterocycles. The second-order valence-electron chi connectivity index (χ2n) is 1.61. The molecule has 0 spiro atoms. The lowest BCUT2D eigenvalue weighted by molar-refractivity contribution is 0.277. The van der Waals surface area contributed by atoms with Crippen molar-refractivity contribution in [3.63, 3.8) is 0 Å². The third-order valence-corrected chi connectivity index (χ3v) is 1.54. The van der Waals surface area contributed by atoms with Crippen LogP contribution in [0.5, 0.6) is 0 Å². The molecule has 0 bridgehead atoms. The van der Waals surface area contributed by atoms with Crippen molar-refractivity contribution in [1.29, 1.82) is 0 Å². The zero-order valence-electron chi connectivity index (χ0n) is 5.28. The summed E-state index contributed by atoms with van der Waals surface area (Å²) in [4.78, 5) is 0. The van der Waals surface area contributed by atoms with Crippen molar-refractivity contribution >= 4 is 10.1 Å². The van der Waals surface area contributed by atoms with Crippen LogP contribution in [0.1, 0.15) is 6.42 Å². The van der Waals surface area contributed by atoms with E-state index in [-0.39, 0.29) is 18.8 Å². The third-order valence-electron chi connectivity index (χ3n) is 0.732. The first kappa shape index (κ1) is 9.27. The van der Waals surface area contributed by atoms with E-state index in [1.54, 1.807) is 0 Å². The van der Waals surface area contributed by atoms with E-state index in [9.17, 15) is 8.42 Å². The molecule has 0 amide bonds. The lowest BCUT2D eigenvalue weighted by Crippen LogP contribution is -2.05. The lowest BCUT2D eigenvalue weighted by atomic mass is 10.5. The summed E-state index contributed by atoms with van der Waals surface area (Å²) in [7, 11) is -3.85. The van der Waals surface area contributed by atoms with Gasteiger partial charge in [0.1, 0.15) is 12.7 Å². The summed E-state index contributed by atoms with van der Waals surface area (Å²) >= 11 is 0.